The summed E-state index contributed by atoms with van der Waals surface area (Å²) in [5, 5.41) is 6.87. The SMILES string of the molecule is CCNC(=NCC(c1ccccc1)N1CCCC1)NCCCOCC1CCOCC1.I. The van der Waals surface area contributed by atoms with Crippen molar-refractivity contribution in [3.05, 3.63) is 35.9 Å². The molecule has 3 rings (SSSR count). The van der Waals surface area contributed by atoms with E-state index in [2.05, 4.69) is 52.8 Å². The Kier molecular flexibility index (Phi) is 13.5. The number of benzene rings is 1. The highest BCUT2D eigenvalue weighted by atomic mass is 127. The van der Waals surface area contributed by atoms with Gasteiger partial charge in [0.15, 0.2) is 5.96 Å². The average molecular weight is 545 g/mol. The summed E-state index contributed by atoms with van der Waals surface area (Å²) < 4.78 is 11.3. The lowest BCUT2D eigenvalue weighted by Gasteiger charge is -2.27. The number of aliphatic imine (C=N–C) groups is 1. The second-order valence-corrected chi connectivity index (χ2v) is 8.30. The van der Waals surface area contributed by atoms with Gasteiger partial charge in [-0.1, -0.05) is 30.3 Å². The molecule has 2 saturated heterocycles. The number of ether oxygens (including phenoxy) is 2. The van der Waals surface area contributed by atoms with Crippen LogP contribution in [0.1, 0.15) is 50.6 Å². The Balaban J connectivity index is 0.00000341. The number of likely N-dealkylation sites (tertiary alicyclic amines) is 1. The Bertz CT molecular complexity index is 605. The van der Waals surface area contributed by atoms with Crippen LogP contribution < -0.4 is 10.6 Å². The summed E-state index contributed by atoms with van der Waals surface area (Å²) in [5.41, 5.74) is 1.36. The summed E-state index contributed by atoms with van der Waals surface area (Å²) in [6.45, 7) is 10.4. The number of rotatable bonds is 11. The zero-order chi connectivity index (χ0) is 20.9. The van der Waals surface area contributed by atoms with Crippen molar-refractivity contribution in [3.8, 4) is 0 Å². The fraction of sp³-hybridized carbons (Fsp3) is 0.708. The molecule has 0 aliphatic carbocycles. The lowest BCUT2D eigenvalue weighted by Crippen LogP contribution is -2.39. The molecule has 2 heterocycles. The highest BCUT2D eigenvalue weighted by Crippen LogP contribution is 2.25. The third-order valence-corrected chi connectivity index (χ3v) is 5.98. The smallest absolute Gasteiger partial charge is 0.191 e. The van der Waals surface area contributed by atoms with Gasteiger partial charge in [-0.25, -0.2) is 0 Å². The number of hydrogen-bond acceptors (Lipinski definition) is 4. The van der Waals surface area contributed by atoms with Crippen LogP contribution in [-0.4, -0.2) is 70.0 Å². The third-order valence-electron chi connectivity index (χ3n) is 5.98. The zero-order valence-corrected chi connectivity index (χ0v) is 21.4. The van der Waals surface area contributed by atoms with E-state index in [1.165, 1.54) is 31.5 Å². The maximum atomic E-state index is 5.88. The zero-order valence-electron chi connectivity index (χ0n) is 19.1. The maximum Gasteiger partial charge on any atom is 0.191 e. The Morgan fingerprint density at radius 1 is 1.16 bits per heavy atom. The average Bonchev–Trinajstić information content (AvgIpc) is 3.32. The number of nitrogens with zero attached hydrogens (tertiary/aromatic N) is 2. The summed E-state index contributed by atoms with van der Waals surface area (Å²) in [4.78, 5) is 7.50. The summed E-state index contributed by atoms with van der Waals surface area (Å²) in [6.07, 6.45) is 5.84. The quantitative estimate of drug-likeness (QED) is 0.192. The third kappa shape index (κ3) is 9.63. The van der Waals surface area contributed by atoms with Crippen molar-refractivity contribution in [1.29, 1.82) is 0 Å². The fourth-order valence-corrected chi connectivity index (χ4v) is 4.22. The van der Waals surface area contributed by atoms with Crippen LogP contribution in [0.25, 0.3) is 0 Å². The molecular formula is C24H41IN4O2. The van der Waals surface area contributed by atoms with Crippen LogP contribution >= 0.6 is 24.0 Å². The fourth-order valence-electron chi connectivity index (χ4n) is 4.22. The van der Waals surface area contributed by atoms with Crippen LogP contribution in [0.5, 0.6) is 0 Å². The van der Waals surface area contributed by atoms with Crippen molar-refractivity contribution >= 4 is 29.9 Å². The van der Waals surface area contributed by atoms with Crippen LogP contribution in [0.4, 0.5) is 0 Å². The number of guanidine groups is 1. The molecule has 0 saturated carbocycles. The van der Waals surface area contributed by atoms with Crippen molar-refractivity contribution < 1.29 is 9.47 Å². The first-order valence-corrected chi connectivity index (χ1v) is 11.8. The van der Waals surface area contributed by atoms with Crippen LogP contribution in [0.3, 0.4) is 0 Å². The van der Waals surface area contributed by atoms with Crippen LogP contribution in [0, 0.1) is 5.92 Å². The van der Waals surface area contributed by atoms with E-state index in [9.17, 15) is 0 Å². The molecule has 2 fully saturated rings. The summed E-state index contributed by atoms with van der Waals surface area (Å²) in [6, 6.07) is 11.2. The van der Waals surface area contributed by atoms with E-state index >= 15 is 0 Å². The van der Waals surface area contributed by atoms with Crippen molar-refractivity contribution in [2.45, 2.75) is 45.1 Å². The predicted octanol–water partition coefficient (Wildman–Crippen LogP) is 3.83. The Labute approximate surface area is 205 Å². The number of hydrogen-bond donors (Lipinski definition) is 2. The van der Waals surface area contributed by atoms with E-state index in [0.29, 0.717) is 12.0 Å². The van der Waals surface area contributed by atoms with Crippen LogP contribution in [-0.2, 0) is 9.47 Å². The van der Waals surface area contributed by atoms with Crippen LogP contribution in [0.2, 0.25) is 0 Å². The van der Waals surface area contributed by atoms with Crippen molar-refractivity contribution in [2.75, 3.05) is 59.2 Å². The van der Waals surface area contributed by atoms with Gasteiger partial charge in [0.05, 0.1) is 12.6 Å². The molecule has 7 heteroatoms. The van der Waals surface area contributed by atoms with E-state index in [4.69, 9.17) is 14.5 Å². The van der Waals surface area contributed by atoms with Crippen LogP contribution in [0.15, 0.2) is 35.3 Å². The number of halogens is 1. The highest BCUT2D eigenvalue weighted by molar-refractivity contribution is 14.0. The van der Waals surface area contributed by atoms with Crippen molar-refractivity contribution in [2.24, 2.45) is 10.9 Å². The molecule has 0 radical (unpaired) electrons. The molecule has 2 N–H and O–H groups in total. The predicted molar refractivity (Wildman–Crippen MR) is 138 cm³/mol. The Morgan fingerprint density at radius 3 is 2.61 bits per heavy atom. The maximum absolute atomic E-state index is 5.88. The highest BCUT2D eigenvalue weighted by Gasteiger charge is 2.23. The Morgan fingerprint density at radius 2 is 1.90 bits per heavy atom. The van der Waals surface area contributed by atoms with Gasteiger partial charge in [0, 0.05) is 39.5 Å². The molecule has 31 heavy (non-hydrogen) atoms. The minimum absolute atomic E-state index is 0. The van der Waals surface area contributed by atoms with E-state index < -0.39 is 0 Å². The molecule has 1 unspecified atom stereocenters. The summed E-state index contributed by atoms with van der Waals surface area (Å²) in [5.74, 6) is 1.58. The van der Waals surface area contributed by atoms with E-state index in [1.54, 1.807) is 0 Å². The molecular weight excluding hydrogens is 503 g/mol. The first kappa shape index (κ1) is 26.4. The monoisotopic (exact) mass is 544 g/mol. The van der Waals surface area contributed by atoms with Gasteiger partial charge in [-0.3, -0.25) is 9.89 Å². The second kappa shape index (κ2) is 15.8. The van der Waals surface area contributed by atoms with Crippen molar-refractivity contribution in [1.82, 2.24) is 15.5 Å². The molecule has 1 aromatic rings. The topological polar surface area (TPSA) is 58.1 Å². The van der Waals surface area contributed by atoms with Gasteiger partial charge in [0.1, 0.15) is 0 Å². The van der Waals surface area contributed by atoms with Gasteiger partial charge in [0.2, 0.25) is 0 Å². The van der Waals surface area contributed by atoms with Gasteiger partial charge in [-0.2, -0.15) is 0 Å². The van der Waals surface area contributed by atoms with E-state index in [0.717, 1.165) is 71.3 Å². The van der Waals surface area contributed by atoms with Gasteiger partial charge in [-0.15, -0.1) is 24.0 Å². The normalized spacial score (nSPS) is 19.1. The molecule has 0 bridgehead atoms. The van der Waals surface area contributed by atoms with Gasteiger partial charge < -0.3 is 20.1 Å². The van der Waals surface area contributed by atoms with Gasteiger partial charge >= 0.3 is 0 Å². The largest absolute Gasteiger partial charge is 0.381 e. The lowest BCUT2D eigenvalue weighted by atomic mass is 10.0. The lowest BCUT2D eigenvalue weighted by molar-refractivity contribution is 0.0203. The minimum Gasteiger partial charge on any atom is -0.381 e. The van der Waals surface area contributed by atoms with Crippen molar-refractivity contribution in [3.63, 3.8) is 0 Å². The molecule has 6 nitrogen and oxygen atoms in total. The van der Waals surface area contributed by atoms with E-state index in [1.807, 2.05) is 0 Å². The molecule has 1 aromatic carbocycles. The van der Waals surface area contributed by atoms with Gasteiger partial charge in [0.25, 0.3) is 0 Å². The summed E-state index contributed by atoms with van der Waals surface area (Å²) >= 11 is 0. The molecule has 0 amide bonds. The first-order valence-electron chi connectivity index (χ1n) is 11.8. The summed E-state index contributed by atoms with van der Waals surface area (Å²) in [7, 11) is 0. The number of nitrogens with one attached hydrogen (secondary N) is 2. The molecule has 0 aromatic heterocycles. The Hall–Kier alpha value is -0.900. The minimum atomic E-state index is 0. The van der Waals surface area contributed by atoms with Gasteiger partial charge in [-0.05, 0) is 63.6 Å². The standard InChI is InChI=1S/C24H40N4O2.HI/c1-2-25-24(26-13-8-16-30-20-21-11-17-29-18-12-21)27-19-23(28-14-6-7-15-28)22-9-4-3-5-10-22;/h3-5,9-10,21,23H,2,6-8,11-20H2,1H3,(H2,25,26,27);1H. The molecule has 1 atom stereocenters. The molecule has 176 valence electrons. The first-order chi connectivity index (χ1) is 14.9. The second-order valence-electron chi connectivity index (χ2n) is 8.30. The molecule has 2 aliphatic rings. The molecule has 0 spiro atoms. The van der Waals surface area contributed by atoms with E-state index in [-0.39, 0.29) is 24.0 Å². The molecule has 2 aliphatic heterocycles.